The molecule has 4 N–H and O–H groups in total. The van der Waals surface area contributed by atoms with E-state index >= 15 is 0 Å². The average molecular weight is 283 g/mol. The molecule has 0 heterocycles. The summed E-state index contributed by atoms with van der Waals surface area (Å²) >= 11 is 0. The molecule has 20 heavy (non-hydrogen) atoms. The molecule has 1 unspecified atom stereocenters. The molecule has 1 fully saturated rings. The monoisotopic (exact) mass is 283 g/mol. The van der Waals surface area contributed by atoms with Crippen LogP contribution in [0.4, 0.5) is 0 Å². The maximum atomic E-state index is 12.0. The first-order valence-electron chi connectivity index (χ1n) is 7.83. The lowest BCUT2D eigenvalue weighted by atomic mass is 9.81. The van der Waals surface area contributed by atoms with E-state index in [-0.39, 0.29) is 23.8 Å². The summed E-state index contributed by atoms with van der Waals surface area (Å²) in [4.78, 5) is 23.6. The van der Waals surface area contributed by atoms with Crippen LogP contribution in [0.25, 0.3) is 0 Å². The highest BCUT2D eigenvalue weighted by Crippen LogP contribution is 2.28. The third-order valence-corrected chi connectivity index (χ3v) is 4.22. The van der Waals surface area contributed by atoms with Crippen LogP contribution in [0, 0.1) is 11.8 Å². The number of carbonyl (C=O) groups is 2. The molecule has 5 heteroatoms. The van der Waals surface area contributed by atoms with Crippen LogP contribution in [-0.2, 0) is 9.59 Å². The minimum atomic E-state index is 0.00601. The van der Waals surface area contributed by atoms with Gasteiger partial charge in [0.15, 0.2) is 0 Å². The van der Waals surface area contributed by atoms with E-state index in [0.717, 1.165) is 38.6 Å². The lowest BCUT2D eigenvalue weighted by Crippen LogP contribution is -2.38. The number of carbonyl (C=O) groups excluding carboxylic acids is 2. The predicted octanol–water partition coefficient (Wildman–Crippen LogP) is 1.17. The first-order valence-corrected chi connectivity index (χ1v) is 7.83. The third kappa shape index (κ3) is 5.90. The molecule has 5 nitrogen and oxygen atoms in total. The zero-order valence-corrected chi connectivity index (χ0v) is 12.8. The van der Waals surface area contributed by atoms with Crippen LogP contribution in [0.15, 0.2) is 0 Å². The quantitative estimate of drug-likeness (QED) is 0.656. The Morgan fingerprint density at radius 2 is 1.90 bits per heavy atom. The Kier molecular flexibility index (Phi) is 7.59. The second-order valence-corrected chi connectivity index (χ2v) is 5.87. The van der Waals surface area contributed by atoms with Crippen molar-refractivity contribution in [1.29, 1.82) is 0 Å². The topological polar surface area (TPSA) is 84.2 Å². The van der Waals surface area contributed by atoms with Crippen molar-refractivity contribution in [1.82, 2.24) is 10.6 Å². The van der Waals surface area contributed by atoms with E-state index in [4.69, 9.17) is 5.73 Å². The summed E-state index contributed by atoms with van der Waals surface area (Å²) in [6.07, 6.45) is 5.21. The summed E-state index contributed by atoms with van der Waals surface area (Å²) in [6.45, 7) is 5.17. The molecule has 0 aromatic carbocycles. The summed E-state index contributed by atoms with van der Waals surface area (Å²) in [5.74, 6) is 0.791. The fourth-order valence-corrected chi connectivity index (χ4v) is 2.55. The summed E-state index contributed by atoms with van der Waals surface area (Å²) in [7, 11) is 0. The Morgan fingerprint density at radius 1 is 1.25 bits per heavy atom. The Hall–Kier alpha value is -1.10. The van der Waals surface area contributed by atoms with E-state index < -0.39 is 0 Å². The molecule has 1 saturated carbocycles. The number of hydrogen-bond acceptors (Lipinski definition) is 3. The Labute approximate surface area is 122 Å². The molecule has 0 radical (unpaired) electrons. The van der Waals surface area contributed by atoms with Crippen molar-refractivity contribution < 1.29 is 9.59 Å². The smallest absolute Gasteiger partial charge is 0.223 e. The first-order chi connectivity index (χ1) is 9.56. The van der Waals surface area contributed by atoms with E-state index in [2.05, 4.69) is 10.6 Å². The van der Waals surface area contributed by atoms with Gasteiger partial charge in [0.05, 0.1) is 0 Å². The lowest BCUT2D eigenvalue weighted by Gasteiger charge is -2.26. The van der Waals surface area contributed by atoms with Gasteiger partial charge in [-0.2, -0.15) is 0 Å². The molecule has 1 rings (SSSR count). The highest BCUT2D eigenvalue weighted by Gasteiger charge is 2.25. The van der Waals surface area contributed by atoms with Crippen LogP contribution in [0.1, 0.15) is 52.4 Å². The molecule has 0 spiro atoms. The van der Waals surface area contributed by atoms with E-state index in [1.165, 1.54) is 0 Å². The standard InChI is InChI=1S/C15H29N3O2/c1-3-11(2)18-14(19)8-9-17-15(20)13-6-4-12(10-16)5-7-13/h11-13H,3-10,16H2,1-2H3,(H,17,20)(H,18,19). The van der Waals surface area contributed by atoms with Crippen molar-refractivity contribution in [2.45, 2.75) is 58.4 Å². The lowest BCUT2D eigenvalue weighted by molar-refractivity contribution is -0.126. The first kappa shape index (κ1) is 17.0. The molecule has 2 amide bonds. The van der Waals surface area contributed by atoms with Gasteiger partial charge in [-0.05, 0) is 51.5 Å². The van der Waals surface area contributed by atoms with Crippen molar-refractivity contribution in [2.24, 2.45) is 17.6 Å². The number of amides is 2. The molecule has 0 saturated heterocycles. The Morgan fingerprint density at radius 3 is 2.45 bits per heavy atom. The van der Waals surface area contributed by atoms with E-state index in [1.807, 2.05) is 13.8 Å². The number of nitrogens with one attached hydrogen (secondary N) is 2. The van der Waals surface area contributed by atoms with Crippen LogP contribution < -0.4 is 16.4 Å². The normalized spacial score (nSPS) is 23.9. The van der Waals surface area contributed by atoms with Gasteiger partial charge in [0, 0.05) is 24.9 Å². The second-order valence-electron chi connectivity index (χ2n) is 5.87. The van der Waals surface area contributed by atoms with Crippen molar-refractivity contribution in [2.75, 3.05) is 13.1 Å². The van der Waals surface area contributed by atoms with Crippen molar-refractivity contribution >= 4 is 11.8 Å². The zero-order chi connectivity index (χ0) is 15.0. The van der Waals surface area contributed by atoms with Crippen LogP contribution in [0.5, 0.6) is 0 Å². The van der Waals surface area contributed by atoms with Gasteiger partial charge < -0.3 is 16.4 Å². The van der Waals surface area contributed by atoms with Gasteiger partial charge in [-0.25, -0.2) is 0 Å². The molecular formula is C15H29N3O2. The maximum Gasteiger partial charge on any atom is 0.223 e. The Bertz CT molecular complexity index is 312. The maximum absolute atomic E-state index is 12.0. The van der Waals surface area contributed by atoms with Crippen LogP contribution in [0.3, 0.4) is 0 Å². The Balaban J connectivity index is 2.16. The number of nitrogens with two attached hydrogens (primary N) is 1. The zero-order valence-electron chi connectivity index (χ0n) is 12.8. The van der Waals surface area contributed by atoms with Gasteiger partial charge >= 0.3 is 0 Å². The average Bonchev–Trinajstić information content (AvgIpc) is 2.47. The molecule has 0 aromatic heterocycles. The largest absolute Gasteiger partial charge is 0.355 e. The molecule has 0 bridgehead atoms. The molecule has 0 aliphatic heterocycles. The van der Waals surface area contributed by atoms with E-state index in [0.29, 0.717) is 18.9 Å². The van der Waals surface area contributed by atoms with Gasteiger partial charge in [-0.1, -0.05) is 6.92 Å². The minimum Gasteiger partial charge on any atom is -0.355 e. The highest BCUT2D eigenvalue weighted by molar-refractivity contribution is 5.80. The third-order valence-electron chi connectivity index (χ3n) is 4.22. The highest BCUT2D eigenvalue weighted by atomic mass is 16.2. The van der Waals surface area contributed by atoms with Gasteiger partial charge in [-0.3, -0.25) is 9.59 Å². The van der Waals surface area contributed by atoms with Gasteiger partial charge in [0.25, 0.3) is 0 Å². The number of rotatable bonds is 7. The number of hydrogen-bond donors (Lipinski definition) is 3. The fourth-order valence-electron chi connectivity index (χ4n) is 2.55. The molecule has 0 aromatic rings. The summed E-state index contributed by atoms with van der Waals surface area (Å²) in [5.41, 5.74) is 5.64. The van der Waals surface area contributed by atoms with Crippen molar-refractivity contribution in [3.05, 3.63) is 0 Å². The minimum absolute atomic E-state index is 0.00601. The SMILES string of the molecule is CCC(C)NC(=O)CCNC(=O)C1CCC(CN)CC1. The summed E-state index contributed by atoms with van der Waals surface area (Å²) in [5, 5.41) is 5.77. The fraction of sp³-hybridized carbons (Fsp3) is 0.867. The van der Waals surface area contributed by atoms with Gasteiger partial charge in [0.1, 0.15) is 0 Å². The summed E-state index contributed by atoms with van der Waals surface area (Å²) < 4.78 is 0. The van der Waals surface area contributed by atoms with Gasteiger partial charge in [0.2, 0.25) is 11.8 Å². The molecule has 1 aliphatic carbocycles. The summed E-state index contributed by atoms with van der Waals surface area (Å²) in [6, 6.07) is 0.199. The van der Waals surface area contributed by atoms with Crippen LogP contribution in [0.2, 0.25) is 0 Å². The van der Waals surface area contributed by atoms with Crippen LogP contribution in [-0.4, -0.2) is 30.9 Å². The van der Waals surface area contributed by atoms with Crippen LogP contribution >= 0.6 is 0 Å². The molecule has 1 aliphatic rings. The van der Waals surface area contributed by atoms with E-state index in [1.54, 1.807) is 0 Å². The molecular weight excluding hydrogens is 254 g/mol. The van der Waals surface area contributed by atoms with E-state index in [9.17, 15) is 9.59 Å². The predicted molar refractivity (Wildman–Crippen MR) is 80.0 cm³/mol. The van der Waals surface area contributed by atoms with Gasteiger partial charge in [-0.15, -0.1) is 0 Å². The van der Waals surface area contributed by atoms with Crippen molar-refractivity contribution in [3.8, 4) is 0 Å². The second kappa shape index (κ2) is 8.95. The molecule has 1 atom stereocenters. The molecule has 116 valence electrons. The van der Waals surface area contributed by atoms with Crippen molar-refractivity contribution in [3.63, 3.8) is 0 Å².